The zero-order chi connectivity index (χ0) is 16.7. The highest BCUT2D eigenvalue weighted by molar-refractivity contribution is 9.10. The molecule has 0 aromatic heterocycles. The van der Waals surface area contributed by atoms with Gasteiger partial charge in [-0.1, -0.05) is 35.0 Å². The molecule has 1 amide bonds. The predicted octanol–water partition coefficient (Wildman–Crippen LogP) is 2.45. The fourth-order valence-electron chi connectivity index (χ4n) is 2.03. The van der Waals surface area contributed by atoms with Crippen LogP contribution in [0.3, 0.4) is 0 Å². The van der Waals surface area contributed by atoms with Crippen molar-refractivity contribution in [3.63, 3.8) is 0 Å². The Morgan fingerprint density at radius 2 is 2.04 bits per heavy atom. The molecule has 0 unspecified atom stereocenters. The molecule has 23 heavy (non-hydrogen) atoms. The number of esters is 1. The predicted molar refractivity (Wildman–Crippen MR) is 86.3 cm³/mol. The number of hydrogen-bond donors (Lipinski definition) is 1. The van der Waals surface area contributed by atoms with E-state index in [1.165, 1.54) is 6.26 Å². The van der Waals surface area contributed by atoms with Crippen LogP contribution in [0.25, 0.3) is 0 Å². The van der Waals surface area contributed by atoms with Crippen LogP contribution in [0.2, 0.25) is 0 Å². The number of halogens is 1. The highest BCUT2D eigenvalue weighted by Crippen LogP contribution is 2.19. The van der Waals surface area contributed by atoms with Crippen LogP contribution >= 0.6 is 15.9 Å². The lowest BCUT2D eigenvalue weighted by Crippen LogP contribution is -2.32. The van der Waals surface area contributed by atoms with Crippen LogP contribution < -0.4 is 5.32 Å². The summed E-state index contributed by atoms with van der Waals surface area (Å²) in [6, 6.07) is 7.56. The Kier molecular flexibility index (Phi) is 6.46. The fraction of sp³-hybridized carbons (Fsp3) is 0.375. The van der Waals surface area contributed by atoms with Gasteiger partial charge in [0.05, 0.1) is 6.04 Å². The van der Waals surface area contributed by atoms with Crippen molar-refractivity contribution in [1.82, 2.24) is 5.32 Å². The normalized spacial score (nSPS) is 14.8. The highest BCUT2D eigenvalue weighted by atomic mass is 79.9. The molecule has 6 nitrogen and oxygen atoms in total. The number of carbonyl (C=O) groups is 2. The lowest BCUT2D eigenvalue weighted by Gasteiger charge is -2.18. The average molecular weight is 384 g/mol. The second-order valence-electron chi connectivity index (χ2n) is 4.86. The number of hydrogen-bond acceptors (Lipinski definition) is 5. The van der Waals surface area contributed by atoms with Crippen LogP contribution in [0.5, 0.6) is 0 Å². The van der Waals surface area contributed by atoms with Crippen molar-refractivity contribution in [1.29, 1.82) is 0 Å². The van der Waals surface area contributed by atoms with Crippen molar-refractivity contribution in [3.05, 3.63) is 46.3 Å². The third kappa shape index (κ3) is 5.28. The second-order valence-corrected chi connectivity index (χ2v) is 5.77. The van der Waals surface area contributed by atoms with E-state index < -0.39 is 5.97 Å². The van der Waals surface area contributed by atoms with Crippen LogP contribution in [-0.2, 0) is 23.8 Å². The summed E-state index contributed by atoms with van der Waals surface area (Å²) < 4.78 is 15.9. The first-order valence-electron chi connectivity index (χ1n) is 7.26. The van der Waals surface area contributed by atoms with E-state index >= 15 is 0 Å². The molecule has 0 bridgehead atoms. The van der Waals surface area contributed by atoms with Gasteiger partial charge in [-0.15, -0.1) is 0 Å². The standard InChI is InChI=1S/C16H18BrNO5/c1-2-13(11-3-5-12(17)6-4-11)18-15(19)10-23-16(20)14-9-21-7-8-22-14/h3-6,9,13H,2,7-8,10H2,1H3,(H,18,19)/t13-/m1/s1. The van der Waals surface area contributed by atoms with Crippen molar-refractivity contribution in [2.24, 2.45) is 0 Å². The van der Waals surface area contributed by atoms with Gasteiger partial charge in [0.25, 0.3) is 5.91 Å². The average Bonchev–Trinajstić information content (AvgIpc) is 2.59. The van der Waals surface area contributed by atoms with Crippen LogP contribution in [0.4, 0.5) is 0 Å². The summed E-state index contributed by atoms with van der Waals surface area (Å²) in [5.74, 6) is -1.11. The molecule has 0 spiro atoms. The minimum absolute atomic E-state index is 0.0241. The van der Waals surface area contributed by atoms with Crippen molar-refractivity contribution >= 4 is 27.8 Å². The maximum atomic E-state index is 12.0. The molecule has 0 saturated carbocycles. The number of ether oxygens (including phenoxy) is 3. The molecule has 1 aromatic rings. The van der Waals surface area contributed by atoms with Crippen molar-refractivity contribution in [2.75, 3.05) is 19.8 Å². The summed E-state index contributed by atoms with van der Waals surface area (Å²) in [5.41, 5.74) is 0.988. The summed E-state index contributed by atoms with van der Waals surface area (Å²) in [7, 11) is 0. The minimum atomic E-state index is -0.712. The van der Waals surface area contributed by atoms with Gasteiger partial charge in [0.2, 0.25) is 5.76 Å². The zero-order valence-electron chi connectivity index (χ0n) is 12.7. The first-order chi connectivity index (χ1) is 11.1. The van der Waals surface area contributed by atoms with E-state index in [-0.39, 0.29) is 30.9 Å². The van der Waals surface area contributed by atoms with Crippen LogP contribution in [0.1, 0.15) is 24.9 Å². The summed E-state index contributed by atoms with van der Waals surface area (Å²) in [6.07, 6.45) is 1.92. The molecule has 7 heteroatoms. The molecule has 1 aromatic carbocycles. The molecule has 1 aliphatic heterocycles. The van der Waals surface area contributed by atoms with Gasteiger partial charge in [0.15, 0.2) is 6.61 Å². The first-order valence-corrected chi connectivity index (χ1v) is 8.06. The topological polar surface area (TPSA) is 73.9 Å². The van der Waals surface area contributed by atoms with Gasteiger partial charge in [-0.05, 0) is 24.1 Å². The van der Waals surface area contributed by atoms with E-state index in [1.54, 1.807) is 0 Å². The monoisotopic (exact) mass is 383 g/mol. The third-order valence-corrected chi connectivity index (χ3v) is 3.73. The van der Waals surface area contributed by atoms with Gasteiger partial charge in [-0.25, -0.2) is 4.79 Å². The van der Waals surface area contributed by atoms with Gasteiger partial charge in [-0.3, -0.25) is 4.79 Å². The molecule has 0 fully saturated rings. The summed E-state index contributed by atoms with van der Waals surface area (Å²) in [5, 5.41) is 2.84. The van der Waals surface area contributed by atoms with E-state index in [0.29, 0.717) is 6.61 Å². The quantitative estimate of drug-likeness (QED) is 0.763. The van der Waals surface area contributed by atoms with E-state index in [9.17, 15) is 9.59 Å². The molecular weight excluding hydrogens is 366 g/mol. The lowest BCUT2D eigenvalue weighted by molar-refractivity contribution is -0.149. The maximum absolute atomic E-state index is 12.0. The number of amides is 1. The number of carbonyl (C=O) groups excluding carboxylic acids is 2. The smallest absolute Gasteiger partial charge is 0.377 e. The van der Waals surface area contributed by atoms with Crippen molar-refractivity contribution in [2.45, 2.75) is 19.4 Å². The maximum Gasteiger partial charge on any atom is 0.377 e. The van der Waals surface area contributed by atoms with Crippen LogP contribution in [0, 0.1) is 0 Å². The van der Waals surface area contributed by atoms with Crippen molar-refractivity contribution < 1.29 is 23.8 Å². The molecule has 0 saturated heterocycles. The van der Waals surface area contributed by atoms with E-state index in [4.69, 9.17) is 14.2 Å². The first kappa shape index (κ1) is 17.3. The Labute approximate surface area is 142 Å². The largest absolute Gasteiger partial charge is 0.493 e. The summed E-state index contributed by atoms with van der Waals surface area (Å²) in [4.78, 5) is 23.6. The molecule has 124 valence electrons. The number of benzene rings is 1. The third-order valence-electron chi connectivity index (χ3n) is 3.20. The fourth-order valence-corrected chi connectivity index (χ4v) is 2.29. The molecule has 0 aliphatic carbocycles. The number of nitrogens with one attached hydrogen (secondary N) is 1. The molecule has 1 N–H and O–H groups in total. The van der Waals surface area contributed by atoms with Gasteiger partial charge < -0.3 is 19.5 Å². The Balaban J connectivity index is 1.84. The highest BCUT2D eigenvalue weighted by Gasteiger charge is 2.19. The Hall–Kier alpha value is -2.02. The Bertz CT molecular complexity index is 585. The SMILES string of the molecule is CC[C@@H](NC(=O)COC(=O)C1=COCCO1)c1ccc(Br)cc1. The van der Waals surface area contributed by atoms with Gasteiger partial charge in [-0.2, -0.15) is 0 Å². The summed E-state index contributed by atoms with van der Waals surface area (Å²) in [6.45, 7) is 2.28. The van der Waals surface area contributed by atoms with E-state index in [0.717, 1.165) is 16.5 Å². The van der Waals surface area contributed by atoms with E-state index in [2.05, 4.69) is 21.2 Å². The minimum Gasteiger partial charge on any atom is -0.493 e. The van der Waals surface area contributed by atoms with Gasteiger partial charge in [0, 0.05) is 4.47 Å². The molecule has 2 rings (SSSR count). The van der Waals surface area contributed by atoms with Crippen LogP contribution in [0.15, 0.2) is 40.8 Å². The Morgan fingerprint density at radius 3 is 2.65 bits per heavy atom. The lowest BCUT2D eigenvalue weighted by atomic mass is 10.0. The summed E-state index contributed by atoms with van der Waals surface area (Å²) >= 11 is 3.37. The van der Waals surface area contributed by atoms with Crippen molar-refractivity contribution in [3.8, 4) is 0 Å². The number of rotatable bonds is 6. The molecule has 0 radical (unpaired) electrons. The van der Waals surface area contributed by atoms with Crippen LogP contribution in [-0.4, -0.2) is 31.7 Å². The Morgan fingerprint density at radius 1 is 1.30 bits per heavy atom. The molecule has 1 atom stereocenters. The second kappa shape index (κ2) is 8.57. The molecule has 1 heterocycles. The molecular formula is C16H18BrNO5. The zero-order valence-corrected chi connectivity index (χ0v) is 14.3. The van der Waals surface area contributed by atoms with Gasteiger partial charge >= 0.3 is 5.97 Å². The van der Waals surface area contributed by atoms with Gasteiger partial charge in [0.1, 0.15) is 19.5 Å². The molecule has 1 aliphatic rings. The van der Waals surface area contributed by atoms with E-state index in [1.807, 2.05) is 31.2 Å².